The molecule has 2 rings (SSSR count). The molecule has 2 bridgehead atoms. The lowest BCUT2D eigenvalue weighted by molar-refractivity contribution is 0.336. The van der Waals surface area contributed by atoms with E-state index in [9.17, 15) is 0 Å². The topological polar surface area (TPSA) is 38.0 Å². The summed E-state index contributed by atoms with van der Waals surface area (Å²) in [6, 6.07) is 1.13. The van der Waals surface area contributed by atoms with Crippen LogP contribution in [0.25, 0.3) is 0 Å². The lowest BCUT2D eigenvalue weighted by atomic mass is 9.96. The number of nitrogens with two attached hydrogens (primary N) is 1. The Kier molecular flexibility index (Phi) is 1.24. The molecule has 52 valence electrons. The molecule has 0 aromatic rings. The summed E-state index contributed by atoms with van der Waals surface area (Å²) in [5.41, 5.74) is 5.92. The van der Waals surface area contributed by atoms with Crippen molar-refractivity contribution in [3.8, 4) is 0 Å². The smallest absolute Gasteiger partial charge is 0.0223 e. The van der Waals surface area contributed by atoms with E-state index in [0.29, 0.717) is 12.1 Å². The van der Waals surface area contributed by atoms with E-state index < -0.39 is 0 Å². The van der Waals surface area contributed by atoms with Gasteiger partial charge in [0.1, 0.15) is 0 Å². The number of rotatable bonds is 0. The van der Waals surface area contributed by atoms with Crippen molar-refractivity contribution in [2.45, 2.75) is 31.3 Å². The molecule has 0 aromatic heterocycles. The van der Waals surface area contributed by atoms with Crippen LogP contribution in [0.3, 0.4) is 0 Å². The molecule has 2 nitrogen and oxygen atoms in total. The van der Waals surface area contributed by atoms with Crippen LogP contribution in [0.5, 0.6) is 0 Å². The highest BCUT2D eigenvalue weighted by Crippen LogP contribution is 2.30. The predicted octanol–water partition coefficient (Wildman–Crippen LogP) is 0.0856. The molecule has 9 heavy (non-hydrogen) atoms. The standard InChI is InChI=1S/C7H14N2/c8-7-5-1-2-6(7)9-4-3-5/h5-7,9H,1-4,8H2. The van der Waals surface area contributed by atoms with Crippen LogP contribution in [0.2, 0.25) is 0 Å². The van der Waals surface area contributed by atoms with Gasteiger partial charge in [-0.15, -0.1) is 0 Å². The zero-order chi connectivity index (χ0) is 6.27. The second kappa shape index (κ2) is 1.96. The molecule has 3 unspecified atom stereocenters. The summed E-state index contributed by atoms with van der Waals surface area (Å²) in [5.74, 6) is 0.844. The Morgan fingerprint density at radius 2 is 2.11 bits per heavy atom. The minimum absolute atomic E-state index is 0.471. The van der Waals surface area contributed by atoms with E-state index in [4.69, 9.17) is 5.73 Å². The molecule has 1 saturated carbocycles. The molecule has 3 N–H and O–H groups in total. The Balaban J connectivity index is 2.10. The fourth-order valence-electron chi connectivity index (χ4n) is 2.14. The van der Waals surface area contributed by atoms with Gasteiger partial charge in [0, 0.05) is 12.1 Å². The molecule has 1 aliphatic carbocycles. The summed E-state index contributed by atoms with van der Waals surface area (Å²) in [4.78, 5) is 0. The lowest BCUT2D eigenvalue weighted by Crippen LogP contribution is -2.48. The predicted molar refractivity (Wildman–Crippen MR) is 37.1 cm³/mol. The molecule has 3 atom stereocenters. The largest absolute Gasteiger partial charge is 0.326 e. The molecule has 0 radical (unpaired) electrons. The molecular formula is C7H14N2. The van der Waals surface area contributed by atoms with Crippen LogP contribution in [0.15, 0.2) is 0 Å². The van der Waals surface area contributed by atoms with Gasteiger partial charge >= 0.3 is 0 Å². The van der Waals surface area contributed by atoms with E-state index in [1.165, 1.54) is 25.8 Å². The lowest BCUT2D eigenvalue weighted by Gasteiger charge is -2.27. The first-order valence-electron chi connectivity index (χ1n) is 3.87. The SMILES string of the molecule is NC1C2CCNC1CC2. The molecule has 2 aliphatic rings. The summed E-state index contributed by atoms with van der Waals surface area (Å²) in [6.45, 7) is 1.20. The fourth-order valence-corrected chi connectivity index (χ4v) is 2.14. The molecule has 1 saturated heterocycles. The van der Waals surface area contributed by atoms with Crippen molar-refractivity contribution < 1.29 is 0 Å². The van der Waals surface area contributed by atoms with Gasteiger partial charge in [0.15, 0.2) is 0 Å². The second-order valence-corrected chi connectivity index (χ2v) is 3.26. The van der Waals surface area contributed by atoms with E-state index in [2.05, 4.69) is 5.32 Å². The Hall–Kier alpha value is -0.0800. The number of hydrogen-bond acceptors (Lipinski definition) is 2. The van der Waals surface area contributed by atoms with Crippen molar-refractivity contribution in [1.29, 1.82) is 0 Å². The molecule has 0 aromatic carbocycles. The third kappa shape index (κ3) is 0.775. The van der Waals surface area contributed by atoms with Gasteiger partial charge in [-0.05, 0) is 31.7 Å². The molecule has 1 aliphatic heterocycles. The maximum atomic E-state index is 5.92. The number of hydrogen-bond donors (Lipinski definition) is 2. The maximum absolute atomic E-state index is 5.92. The van der Waals surface area contributed by atoms with Crippen LogP contribution in [0, 0.1) is 5.92 Å². The Bertz CT molecular complexity index is 97.5. The fraction of sp³-hybridized carbons (Fsp3) is 1.00. The van der Waals surface area contributed by atoms with Crippen LogP contribution in [0.1, 0.15) is 19.3 Å². The van der Waals surface area contributed by atoms with Crippen molar-refractivity contribution in [3.63, 3.8) is 0 Å². The van der Waals surface area contributed by atoms with Crippen LogP contribution in [-0.2, 0) is 0 Å². The molecule has 1 heterocycles. The van der Waals surface area contributed by atoms with Gasteiger partial charge in [-0.3, -0.25) is 0 Å². The first kappa shape index (κ1) is 5.69. The summed E-state index contributed by atoms with van der Waals surface area (Å²) in [7, 11) is 0. The van der Waals surface area contributed by atoms with Gasteiger partial charge in [-0.1, -0.05) is 0 Å². The molecular weight excluding hydrogens is 112 g/mol. The number of fused-ring (bicyclic) bond motifs is 2. The second-order valence-electron chi connectivity index (χ2n) is 3.26. The van der Waals surface area contributed by atoms with Gasteiger partial charge in [-0.25, -0.2) is 0 Å². The minimum atomic E-state index is 0.471. The van der Waals surface area contributed by atoms with Crippen molar-refractivity contribution in [3.05, 3.63) is 0 Å². The quantitative estimate of drug-likeness (QED) is 0.482. The summed E-state index contributed by atoms with van der Waals surface area (Å²) in [5, 5.41) is 3.44. The monoisotopic (exact) mass is 126 g/mol. The van der Waals surface area contributed by atoms with E-state index in [1.807, 2.05) is 0 Å². The molecule has 0 amide bonds. The average molecular weight is 126 g/mol. The minimum Gasteiger partial charge on any atom is -0.326 e. The Morgan fingerprint density at radius 3 is 2.78 bits per heavy atom. The highest BCUT2D eigenvalue weighted by atomic mass is 15.0. The number of nitrogens with one attached hydrogen (secondary N) is 1. The van der Waals surface area contributed by atoms with Crippen LogP contribution in [-0.4, -0.2) is 18.6 Å². The normalized spacial score (nSPS) is 49.7. The Labute approximate surface area is 55.8 Å². The first-order chi connectivity index (χ1) is 4.38. The van der Waals surface area contributed by atoms with E-state index in [-0.39, 0.29) is 0 Å². The van der Waals surface area contributed by atoms with E-state index in [1.54, 1.807) is 0 Å². The van der Waals surface area contributed by atoms with Crippen molar-refractivity contribution in [2.75, 3.05) is 6.54 Å². The summed E-state index contributed by atoms with van der Waals surface area (Å²) < 4.78 is 0. The number of piperidine rings is 1. The highest BCUT2D eigenvalue weighted by molar-refractivity contribution is 4.96. The van der Waals surface area contributed by atoms with Crippen molar-refractivity contribution in [2.24, 2.45) is 11.7 Å². The third-order valence-corrected chi connectivity index (χ3v) is 2.78. The zero-order valence-corrected chi connectivity index (χ0v) is 5.64. The molecule has 2 heteroatoms. The molecule has 0 spiro atoms. The van der Waals surface area contributed by atoms with Crippen molar-refractivity contribution >= 4 is 0 Å². The van der Waals surface area contributed by atoms with E-state index >= 15 is 0 Å². The van der Waals surface area contributed by atoms with Crippen LogP contribution in [0.4, 0.5) is 0 Å². The Morgan fingerprint density at radius 1 is 1.22 bits per heavy atom. The maximum Gasteiger partial charge on any atom is 0.0223 e. The molecule has 2 fully saturated rings. The first-order valence-corrected chi connectivity index (χ1v) is 3.87. The summed E-state index contributed by atoms with van der Waals surface area (Å²) in [6.07, 6.45) is 3.97. The third-order valence-electron chi connectivity index (χ3n) is 2.78. The summed E-state index contributed by atoms with van der Waals surface area (Å²) >= 11 is 0. The van der Waals surface area contributed by atoms with E-state index in [0.717, 1.165) is 5.92 Å². The van der Waals surface area contributed by atoms with Gasteiger partial charge in [-0.2, -0.15) is 0 Å². The van der Waals surface area contributed by atoms with Gasteiger partial charge in [0.25, 0.3) is 0 Å². The van der Waals surface area contributed by atoms with Crippen LogP contribution >= 0.6 is 0 Å². The van der Waals surface area contributed by atoms with Gasteiger partial charge in [0.2, 0.25) is 0 Å². The van der Waals surface area contributed by atoms with Crippen LogP contribution < -0.4 is 11.1 Å². The van der Waals surface area contributed by atoms with Gasteiger partial charge in [0.05, 0.1) is 0 Å². The van der Waals surface area contributed by atoms with Crippen molar-refractivity contribution in [1.82, 2.24) is 5.32 Å². The average Bonchev–Trinajstić information content (AvgIpc) is 2.19. The van der Waals surface area contributed by atoms with Gasteiger partial charge < -0.3 is 11.1 Å². The zero-order valence-electron chi connectivity index (χ0n) is 5.64. The highest BCUT2D eigenvalue weighted by Gasteiger charge is 2.35.